The molecule has 0 atom stereocenters. The maximum absolute atomic E-state index is 11.9. The van der Waals surface area contributed by atoms with Gasteiger partial charge in [-0.05, 0) is 43.3 Å². The largest absolute Gasteiger partial charge is 0.494 e. The van der Waals surface area contributed by atoms with Crippen molar-refractivity contribution in [1.82, 2.24) is 25.1 Å². The Labute approximate surface area is 167 Å². The number of carbonyl (C=O) groups excluding carboxylic acids is 1. The first-order chi connectivity index (χ1) is 13.7. The third-order valence-electron chi connectivity index (χ3n) is 3.68. The van der Waals surface area contributed by atoms with E-state index in [9.17, 15) is 4.79 Å². The van der Waals surface area contributed by atoms with Crippen molar-refractivity contribution < 1.29 is 9.53 Å². The number of carbonyl (C=O) groups is 1. The van der Waals surface area contributed by atoms with Gasteiger partial charge in [-0.15, -0.1) is 16.6 Å². The number of nitrogens with zero attached hydrogens (tertiary/aromatic N) is 4. The first-order valence-electron chi connectivity index (χ1n) is 8.65. The quantitative estimate of drug-likeness (QED) is 0.468. The Morgan fingerprint density at radius 2 is 2.11 bits per heavy atom. The number of hydrogen-bond donors (Lipinski definition) is 1. The second-order valence-corrected chi connectivity index (χ2v) is 6.52. The standard InChI is InChI=1S/C20H19N5O2S/c1-3-11-22-18(26)14-28-20-24-23-19(15-6-5-12-21-13-15)25(20)16-7-9-17(10-8-16)27-4-2/h1,5-10,12-13H,4,11,14H2,2H3,(H,22,26). The fourth-order valence-electron chi connectivity index (χ4n) is 2.47. The minimum Gasteiger partial charge on any atom is -0.494 e. The molecule has 0 unspecified atom stereocenters. The fraction of sp³-hybridized carbons (Fsp3) is 0.200. The number of amides is 1. The van der Waals surface area contributed by atoms with E-state index in [0.717, 1.165) is 17.0 Å². The molecular formula is C20H19N5O2S. The maximum atomic E-state index is 11.9. The van der Waals surface area contributed by atoms with Gasteiger partial charge in [0.2, 0.25) is 5.91 Å². The van der Waals surface area contributed by atoms with Gasteiger partial charge in [0.15, 0.2) is 11.0 Å². The number of terminal acetylenes is 1. The molecule has 0 fully saturated rings. The highest BCUT2D eigenvalue weighted by Gasteiger charge is 2.17. The minimum atomic E-state index is -0.160. The molecule has 7 nitrogen and oxygen atoms in total. The Kier molecular flexibility index (Phi) is 6.65. The first-order valence-corrected chi connectivity index (χ1v) is 9.63. The Morgan fingerprint density at radius 1 is 1.29 bits per heavy atom. The lowest BCUT2D eigenvalue weighted by Gasteiger charge is -2.11. The Hall–Kier alpha value is -3.31. The van der Waals surface area contributed by atoms with Crippen LogP contribution >= 0.6 is 11.8 Å². The van der Waals surface area contributed by atoms with Gasteiger partial charge >= 0.3 is 0 Å². The van der Waals surface area contributed by atoms with Gasteiger partial charge in [0.1, 0.15) is 5.75 Å². The molecule has 8 heteroatoms. The number of benzene rings is 1. The average molecular weight is 393 g/mol. The van der Waals surface area contributed by atoms with E-state index in [1.165, 1.54) is 11.8 Å². The van der Waals surface area contributed by atoms with Gasteiger partial charge in [-0.25, -0.2) is 0 Å². The molecule has 0 spiro atoms. The lowest BCUT2D eigenvalue weighted by Crippen LogP contribution is -2.25. The van der Waals surface area contributed by atoms with Gasteiger partial charge in [-0.2, -0.15) is 0 Å². The average Bonchev–Trinajstić information content (AvgIpc) is 3.16. The van der Waals surface area contributed by atoms with E-state index < -0.39 is 0 Å². The first kappa shape index (κ1) is 19.5. The number of pyridine rings is 1. The van der Waals surface area contributed by atoms with Crippen LogP contribution in [0.25, 0.3) is 17.1 Å². The predicted octanol–water partition coefficient (Wildman–Crippen LogP) is 2.57. The Bertz CT molecular complexity index is 965. The summed E-state index contributed by atoms with van der Waals surface area (Å²) in [5.41, 5.74) is 1.69. The second-order valence-electron chi connectivity index (χ2n) is 5.58. The molecule has 1 N–H and O–H groups in total. The fourth-order valence-corrected chi connectivity index (χ4v) is 3.25. The third kappa shape index (κ3) is 4.69. The highest BCUT2D eigenvalue weighted by atomic mass is 32.2. The van der Waals surface area contributed by atoms with E-state index in [-0.39, 0.29) is 18.2 Å². The zero-order valence-corrected chi connectivity index (χ0v) is 16.1. The second kappa shape index (κ2) is 9.58. The summed E-state index contributed by atoms with van der Waals surface area (Å²) in [6.45, 7) is 2.74. The molecule has 3 aromatic rings. The van der Waals surface area contributed by atoms with Crippen LogP contribution in [0.5, 0.6) is 5.75 Å². The minimum absolute atomic E-state index is 0.160. The summed E-state index contributed by atoms with van der Waals surface area (Å²) in [7, 11) is 0. The SMILES string of the molecule is C#CCNC(=O)CSc1nnc(-c2cccnc2)n1-c1ccc(OCC)cc1. The summed E-state index contributed by atoms with van der Waals surface area (Å²) in [6, 6.07) is 11.4. The van der Waals surface area contributed by atoms with E-state index in [1.54, 1.807) is 12.4 Å². The van der Waals surface area contributed by atoms with E-state index in [4.69, 9.17) is 11.2 Å². The molecule has 0 aliphatic carbocycles. The Balaban J connectivity index is 1.93. The van der Waals surface area contributed by atoms with Gasteiger partial charge in [0.25, 0.3) is 0 Å². The molecule has 0 radical (unpaired) electrons. The molecular weight excluding hydrogens is 374 g/mol. The van der Waals surface area contributed by atoms with Crippen LogP contribution in [-0.2, 0) is 4.79 Å². The van der Waals surface area contributed by atoms with Crippen LogP contribution in [0.3, 0.4) is 0 Å². The van der Waals surface area contributed by atoms with Crippen molar-refractivity contribution in [2.75, 3.05) is 18.9 Å². The van der Waals surface area contributed by atoms with Crippen molar-refractivity contribution in [3.05, 3.63) is 48.8 Å². The Morgan fingerprint density at radius 3 is 2.79 bits per heavy atom. The zero-order chi connectivity index (χ0) is 19.8. The van der Waals surface area contributed by atoms with Crippen LogP contribution in [0.2, 0.25) is 0 Å². The molecule has 142 valence electrons. The van der Waals surface area contributed by atoms with Crippen molar-refractivity contribution in [1.29, 1.82) is 0 Å². The molecule has 1 amide bonds. The number of aromatic nitrogens is 4. The van der Waals surface area contributed by atoms with Crippen LogP contribution in [0.1, 0.15) is 6.92 Å². The van der Waals surface area contributed by atoms with E-state index in [2.05, 4.69) is 26.4 Å². The molecule has 2 heterocycles. The van der Waals surface area contributed by atoms with Crippen LogP contribution in [0, 0.1) is 12.3 Å². The highest BCUT2D eigenvalue weighted by molar-refractivity contribution is 7.99. The number of rotatable bonds is 8. The number of hydrogen-bond acceptors (Lipinski definition) is 6. The molecule has 0 aliphatic rings. The third-order valence-corrected chi connectivity index (χ3v) is 4.61. The van der Waals surface area contributed by atoms with Crippen LogP contribution < -0.4 is 10.1 Å². The summed E-state index contributed by atoms with van der Waals surface area (Å²) in [5, 5.41) is 11.8. The normalized spacial score (nSPS) is 10.3. The molecule has 0 aliphatic heterocycles. The maximum Gasteiger partial charge on any atom is 0.231 e. The molecule has 1 aromatic carbocycles. The molecule has 2 aromatic heterocycles. The summed E-state index contributed by atoms with van der Waals surface area (Å²) in [5.74, 6) is 3.83. The topological polar surface area (TPSA) is 81.9 Å². The predicted molar refractivity (Wildman–Crippen MR) is 108 cm³/mol. The lowest BCUT2D eigenvalue weighted by atomic mass is 10.2. The molecule has 3 rings (SSSR count). The van der Waals surface area contributed by atoms with Crippen molar-refractivity contribution in [2.45, 2.75) is 12.1 Å². The van der Waals surface area contributed by atoms with Gasteiger partial charge in [-0.1, -0.05) is 17.7 Å². The van der Waals surface area contributed by atoms with Crippen molar-refractivity contribution in [3.63, 3.8) is 0 Å². The highest BCUT2D eigenvalue weighted by Crippen LogP contribution is 2.28. The van der Waals surface area contributed by atoms with Gasteiger partial charge in [0.05, 0.1) is 18.9 Å². The monoisotopic (exact) mass is 393 g/mol. The summed E-state index contributed by atoms with van der Waals surface area (Å²) < 4.78 is 7.41. The van der Waals surface area contributed by atoms with Gasteiger partial charge < -0.3 is 10.1 Å². The summed E-state index contributed by atoms with van der Waals surface area (Å²) >= 11 is 1.29. The summed E-state index contributed by atoms with van der Waals surface area (Å²) in [4.78, 5) is 16.1. The van der Waals surface area contributed by atoms with Crippen molar-refractivity contribution >= 4 is 17.7 Å². The molecule has 0 saturated heterocycles. The molecule has 0 saturated carbocycles. The van der Waals surface area contributed by atoms with E-state index in [0.29, 0.717) is 17.6 Å². The van der Waals surface area contributed by atoms with E-state index in [1.807, 2.05) is 47.9 Å². The molecule has 0 bridgehead atoms. The van der Waals surface area contributed by atoms with Crippen LogP contribution in [0.15, 0.2) is 53.9 Å². The lowest BCUT2D eigenvalue weighted by molar-refractivity contribution is -0.118. The number of thioether (sulfide) groups is 1. The smallest absolute Gasteiger partial charge is 0.231 e. The summed E-state index contributed by atoms with van der Waals surface area (Å²) in [6.07, 6.45) is 8.60. The van der Waals surface area contributed by atoms with Crippen LogP contribution in [-0.4, -0.2) is 44.6 Å². The van der Waals surface area contributed by atoms with Gasteiger partial charge in [0, 0.05) is 23.6 Å². The van der Waals surface area contributed by atoms with Crippen LogP contribution in [0.4, 0.5) is 0 Å². The zero-order valence-electron chi connectivity index (χ0n) is 15.3. The number of nitrogens with one attached hydrogen (secondary N) is 1. The number of ether oxygens (including phenoxy) is 1. The van der Waals surface area contributed by atoms with E-state index >= 15 is 0 Å². The van der Waals surface area contributed by atoms with Gasteiger partial charge in [-0.3, -0.25) is 14.3 Å². The molecule has 28 heavy (non-hydrogen) atoms. The van der Waals surface area contributed by atoms with Crippen molar-refractivity contribution in [2.24, 2.45) is 0 Å². The van der Waals surface area contributed by atoms with Crippen molar-refractivity contribution in [3.8, 4) is 35.2 Å².